The highest BCUT2D eigenvalue weighted by Gasteiger charge is 2.25. The van der Waals surface area contributed by atoms with E-state index in [1.54, 1.807) is 0 Å². The van der Waals surface area contributed by atoms with Crippen molar-refractivity contribution in [3.63, 3.8) is 0 Å². The maximum absolute atomic E-state index is 12.6. The Morgan fingerprint density at radius 1 is 1.03 bits per heavy atom. The Balaban J connectivity index is 0.00000420. The Morgan fingerprint density at radius 2 is 1.72 bits per heavy atom. The Bertz CT molecular complexity index is 1550. The van der Waals surface area contributed by atoms with E-state index in [-0.39, 0.29) is 56.0 Å². The first-order valence-corrected chi connectivity index (χ1v) is 12.1. The molecule has 0 aliphatic heterocycles. The van der Waals surface area contributed by atoms with Gasteiger partial charge in [-0.05, 0) is 31.0 Å². The molecule has 206 valence electrons. The summed E-state index contributed by atoms with van der Waals surface area (Å²) in [5.74, 6) is -2.34. The van der Waals surface area contributed by atoms with Gasteiger partial charge in [0.05, 0.1) is 29.5 Å². The third kappa shape index (κ3) is 6.85. The second-order valence-corrected chi connectivity index (χ2v) is 8.76. The van der Waals surface area contributed by atoms with E-state index in [0.29, 0.717) is 17.7 Å². The predicted molar refractivity (Wildman–Crippen MR) is 143 cm³/mol. The first-order valence-electron chi connectivity index (χ1n) is 12.1. The number of carboxylic acids is 1. The molecule has 1 atom stereocenters. The number of fused-ring (bicyclic) bond motifs is 4. The molecule has 2 amide bonds. The summed E-state index contributed by atoms with van der Waals surface area (Å²) < 4.78 is 8.22. The van der Waals surface area contributed by atoms with E-state index in [1.165, 1.54) is 0 Å². The topological polar surface area (TPSA) is 189 Å². The highest BCUT2D eigenvalue weighted by molar-refractivity contribution is 6.11. The number of furan rings is 1. The average Bonchev–Trinajstić information content (AvgIpc) is 3.28. The largest absolute Gasteiger partial charge is 1.00 e. The van der Waals surface area contributed by atoms with Crippen LogP contribution in [-0.2, 0) is 21.4 Å². The van der Waals surface area contributed by atoms with Gasteiger partial charge in [0, 0.05) is 12.6 Å². The van der Waals surface area contributed by atoms with Crippen LogP contribution < -0.4 is 56.0 Å². The monoisotopic (exact) mass is 647 g/mol. The van der Waals surface area contributed by atoms with Crippen LogP contribution in [0.3, 0.4) is 0 Å². The Kier molecular flexibility index (Phi) is 9.87. The van der Waals surface area contributed by atoms with Crippen molar-refractivity contribution in [2.45, 2.75) is 18.9 Å². The number of nitrogens with two attached hydrogens (primary N) is 2. The minimum Gasteiger partial charge on any atom is -1.00 e. The molecule has 0 radical (unpaired) electrons. The fourth-order valence-electron chi connectivity index (χ4n) is 4.35. The van der Waals surface area contributed by atoms with Crippen molar-refractivity contribution < 1.29 is 52.5 Å². The molecule has 0 saturated carbocycles. The number of nitrogens with zero attached hydrogens (tertiary/aromatic N) is 2. The number of aromatic nitrogens is 1. The van der Waals surface area contributed by atoms with Gasteiger partial charge < -0.3 is 60.9 Å². The van der Waals surface area contributed by atoms with Crippen LogP contribution in [0.25, 0.3) is 33.0 Å². The van der Waals surface area contributed by atoms with Gasteiger partial charge in [-0.25, -0.2) is 4.79 Å². The lowest BCUT2D eigenvalue weighted by Gasteiger charge is -2.14. The number of benzene rings is 2. The Hall–Kier alpha value is -4.14. The van der Waals surface area contributed by atoms with Crippen LogP contribution in [-0.4, -0.2) is 54.5 Å². The zero-order chi connectivity index (χ0) is 27.2. The van der Waals surface area contributed by atoms with Crippen molar-refractivity contribution in [2.75, 3.05) is 25.0 Å². The second kappa shape index (κ2) is 13.1. The molecule has 4 aromatic rings. The van der Waals surface area contributed by atoms with Crippen LogP contribution >= 0.6 is 0 Å². The van der Waals surface area contributed by atoms with Crippen molar-refractivity contribution >= 4 is 62.4 Å². The number of carboxylic acid groups (broad SMARTS) is 1. The summed E-state index contributed by atoms with van der Waals surface area (Å²) in [6, 6.07) is 14.4. The van der Waals surface area contributed by atoms with Gasteiger partial charge in [-0.15, -0.1) is 0 Å². The lowest BCUT2D eigenvalue weighted by atomic mass is 10.1. The van der Waals surface area contributed by atoms with Gasteiger partial charge in [-0.2, -0.15) is 4.57 Å². The number of para-hydroxylation sites is 2. The lowest BCUT2D eigenvalue weighted by molar-refractivity contribution is -0.616. The zero-order valence-corrected chi connectivity index (χ0v) is 23.4. The smallest absolute Gasteiger partial charge is 0.326 e. The number of aryl methyl sites for hydroxylation is 1. The van der Waals surface area contributed by atoms with Crippen LogP contribution in [0.15, 0.2) is 57.9 Å². The van der Waals surface area contributed by atoms with E-state index in [9.17, 15) is 19.5 Å². The number of carbonyl (C=O) groups is 3. The van der Waals surface area contributed by atoms with Gasteiger partial charge in [-0.1, -0.05) is 24.3 Å². The molecule has 0 aliphatic rings. The molecular weight excluding hydrogens is 617 g/mol. The van der Waals surface area contributed by atoms with E-state index in [4.69, 9.17) is 15.9 Å². The van der Waals surface area contributed by atoms with Crippen molar-refractivity contribution in [1.82, 2.24) is 10.6 Å². The molecule has 2 aromatic carbocycles. The highest BCUT2D eigenvalue weighted by Crippen LogP contribution is 2.35. The number of nitrogens with one attached hydrogen (secondary N) is 3. The van der Waals surface area contributed by atoms with Crippen molar-refractivity contribution in [1.29, 1.82) is 0 Å². The number of hydrogen-bond donors (Lipinski definition) is 6. The van der Waals surface area contributed by atoms with Crippen LogP contribution in [0.2, 0.25) is 0 Å². The molecule has 1 unspecified atom stereocenters. The summed E-state index contributed by atoms with van der Waals surface area (Å²) in [7, 11) is 1.97. The number of pyridine rings is 1. The summed E-state index contributed by atoms with van der Waals surface area (Å²) >= 11 is 0. The van der Waals surface area contributed by atoms with Crippen molar-refractivity contribution in [3.8, 4) is 0 Å². The third-order valence-corrected chi connectivity index (χ3v) is 6.12. The van der Waals surface area contributed by atoms with Crippen LogP contribution in [0.4, 0.5) is 5.69 Å². The summed E-state index contributed by atoms with van der Waals surface area (Å²) in [5.41, 5.74) is 14.3. The van der Waals surface area contributed by atoms with Crippen molar-refractivity contribution in [2.24, 2.45) is 23.5 Å². The Labute approximate surface area is 240 Å². The molecule has 0 saturated heterocycles. The van der Waals surface area contributed by atoms with E-state index >= 15 is 0 Å². The predicted octanol–water partition coefficient (Wildman–Crippen LogP) is -2.28. The zero-order valence-electron chi connectivity index (χ0n) is 21.2. The maximum atomic E-state index is 12.6. The maximum Gasteiger partial charge on any atom is 0.326 e. The van der Waals surface area contributed by atoms with Crippen LogP contribution in [0.1, 0.15) is 12.8 Å². The normalized spacial score (nSPS) is 11.5. The average molecular weight is 647 g/mol. The van der Waals surface area contributed by atoms with Crippen molar-refractivity contribution in [3.05, 3.63) is 48.5 Å². The lowest BCUT2D eigenvalue weighted by Crippen LogP contribution is -3.00. The minimum absolute atomic E-state index is 0. The molecule has 0 spiro atoms. The Morgan fingerprint density at radius 3 is 2.44 bits per heavy atom. The van der Waals surface area contributed by atoms with E-state index in [0.717, 1.165) is 27.4 Å². The fourth-order valence-corrected chi connectivity index (χ4v) is 4.35. The molecule has 4 rings (SSSR count). The van der Waals surface area contributed by atoms with Gasteiger partial charge in [0.2, 0.25) is 22.9 Å². The summed E-state index contributed by atoms with van der Waals surface area (Å²) in [6.07, 6.45) is 0.504. The van der Waals surface area contributed by atoms with Gasteiger partial charge in [0.25, 0.3) is 5.52 Å². The number of amides is 2. The highest BCUT2D eigenvalue weighted by atomic mass is 127. The van der Waals surface area contributed by atoms with E-state index in [1.807, 2.05) is 55.6 Å². The first kappa shape index (κ1) is 29.4. The number of rotatable bonds is 11. The quantitative estimate of drug-likeness (QED) is 0.0345. The number of hydrogen-bond acceptors (Lipinski definition) is 6. The number of aliphatic imine (C=N–C) groups is 1. The van der Waals surface area contributed by atoms with Gasteiger partial charge in [0.1, 0.15) is 18.7 Å². The van der Waals surface area contributed by atoms with Gasteiger partial charge in [-0.3, -0.25) is 14.6 Å². The summed E-state index contributed by atoms with van der Waals surface area (Å²) in [6.45, 7) is -0.254. The summed E-state index contributed by atoms with van der Waals surface area (Å²) in [4.78, 5) is 40.1. The minimum atomic E-state index is -1.19. The molecule has 12 nitrogen and oxygen atoms in total. The van der Waals surface area contributed by atoms with E-state index < -0.39 is 23.8 Å². The molecule has 2 heterocycles. The summed E-state index contributed by atoms with van der Waals surface area (Å²) in [5, 5.41) is 19.3. The SMILES string of the molecule is C[n+]1c2ccccc2c(NCC(=O)NCC(=O)NC(CCCN=C(N)N)C(=O)O)c2oc3ccccc3c21.[I-]. The molecular formula is C26H30IN7O5. The number of guanidine groups is 1. The number of aliphatic carboxylic acids is 1. The van der Waals surface area contributed by atoms with Crippen LogP contribution in [0.5, 0.6) is 0 Å². The standard InChI is InChI=1S/C26H29N7O5.HI/c1-33-18-10-4-2-7-15(18)22(24-23(33)16-8-3-5-11-19(16)38-24)31-13-20(34)30-14-21(35)32-17(25(36)37)9-6-12-29-26(27)28;/h2-5,7-8,10-11,17H,6,9,12-14H2,1H3,(H7,27,28,29,30,32,34,35,36,37);1H. The number of carbonyl (C=O) groups excluding carboxylic acids is 2. The number of anilines is 1. The number of halogens is 1. The van der Waals surface area contributed by atoms with Gasteiger partial charge in [0.15, 0.2) is 5.96 Å². The molecule has 39 heavy (non-hydrogen) atoms. The molecule has 13 heteroatoms. The first-order chi connectivity index (χ1) is 18.3. The molecule has 2 aromatic heterocycles. The fraction of sp³-hybridized carbons (Fsp3) is 0.269. The van der Waals surface area contributed by atoms with E-state index in [2.05, 4.69) is 25.5 Å². The second-order valence-electron chi connectivity index (χ2n) is 8.76. The molecule has 0 bridgehead atoms. The van der Waals surface area contributed by atoms with Gasteiger partial charge >= 0.3 is 5.97 Å². The molecule has 0 fully saturated rings. The molecule has 8 N–H and O–H groups in total. The molecule has 0 aliphatic carbocycles. The third-order valence-electron chi connectivity index (χ3n) is 6.12. The van der Waals surface area contributed by atoms with Crippen LogP contribution in [0, 0.1) is 0 Å².